The largest absolute Gasteiger partial charge is 0.329 e. The number of rotatable bonds is 5. The molecule has 3 aromatic rings. The molecule has 1 heterocycles. The fourth-order valence-electron chi connectivity index (χ4n) is 2.81. The van der Waals surface area contributed by atoms with Gasteiger partial charge in [-0.3, -0.25) is 13.9 Å². The van der Waals surface area contributed by atoms with Crippen LogP contribution in [-0.4, -0.2) is 15.0 Å². The van der Waals surface area contributed by atoms with Crippen LogP contribution in [0.1, 0.15) is 13.3 Å². The zero-order valence-corrected chi connectivity index (χ0v) is 16.0. The second-order valence-electron chi connectivity index (χ2n) is 5.59. The molecule has 1 aromatic heterocycles. The molecule has 0 unspecified atom stereocenters. The Labute approximate surface area is 158 Å². The molecule has 7 heteroatoms. The summed E-state index contributed by atoms with van der Waals surface area (Å²) >= 11 is 9.44. The van der Waals surface area contributed by atoms with Crippen LogP contribution in [0.3, 0.4) is 0 Å². The average Bonchev–Trinajstić information content (AvgIpc) is 2.86. The molecule has 0 radical (unpaired) electrons. The molecular weight excluding hydrogens is 406 g/mol. The second kappa shape index (κ2) is 7.45. The monoisotopic (exact) mass is 421 g/mol. The molecule has 0 spiro atoms. The van der Waals surface area contributed by atoms with Gasteiger partial charge in [-0.05, 0) is 37.3 Å². The van der Waals surface area contributed by atoms with Crippen molar-refractivity contribution in [1.29, 1.82) is 0 Å². The summed E-state index contributed by atoms with van der Waals surface area (Å²) in [6.45, 7) is 2.83. The molecule has 1 amide bonds. The highest BCUT2D eigenvalue weighted by Crippen LogP contribution is 2.25. The molecule has 0 bridgehead atoms. The van der Waals surface area contributed by atoms with E-state index in [9.17, 15) is 9.59 Å². The van der Waals surface area contributed by atoms with Gasteiger partial charge in [-0.15, -0.1) is 0 Å². The van der Waals surface area contributed by atoms with Crippen molar-refractivity contribution >= 4 is 50.2 Å². The predicted molar refractivity (Wildman–Crippen MR) is 104 cm³/mol. The Morgan fingerprint density at radius 3 is 2.48 bits per heavy atom. The van der Waals surface area contributed by atoms with Crippen LogP contribution >= 0.6 is 27.5 Å². The Bertz CT molecular complexity index is 994. The van der Waals surface area contributed by atoms with E-state index in [0.29, 0.717) is 23.8 Å². The van der Waals surface area contributed by atoms with Crippen LogP contribution in [0.2, 0.25) is 5.02 Å². The van der Waals surface area contributed by atoms with Crippen LogP contribution in [-0.2, 0) is 17.9 Å². The number of hydrogen-bond acceptors (Lipinski definition) is 2. The molecule has 3 rings (SSSR count). The number of carbonyl (C=O) groups excluding carboxylic acids is 1. The summed E-state index contributed by atoms with van der Waals surface area (Å²) in [6.07, 6.45) is 0.185. The number of aromatic nitrogens is 2. The van der Waals surface area contributed by atoms with Gasteiger partial charge in [0.25, 0.3) is 0 Å². The lowest BCUT2D eigenvalue weighted by molar-refractivity contribution is -0.116. The Hall–Kier alpha value is -2.05. The third-order valence-electron chi connectivity index (χ3n) is 4.01. The molecule has 0 saturated carbocycles. The highest BCUT2D eigenvalue weighted by Gasteiger charge is 2.13. The van der Waals surface area contributed by atoms with Gasteiger partial charge in [0.15, 0.2) is 0 Å². The number of benzene rings is 2. The van der Waals surface area contributed by atoms with Crippen LogP contribution in [0.5, 0.6) is 0 Å². The molecule has 0 aliphatic carbocycles. The number of para-hydroxylation sites is 2. The van der Waals surface area contributed by atoms with Gasteiger partial charge in [0.1, 0.15) is 0 Å². The number of imidazole rings is 1. The first-order valence-electron chi connectivity index (χ1n) is 7.94. The number of nitrogens with one attached hydrogen (secondary N) is 1. The molecule has 0 saturated heterocycles. The van der Waals surface area contributed by atoms with Gasteiger partial charge in [-0.2, -0.15) is 0 Å². The number of carbonyl (C=O) groups is 1. The number of anilines is 1. The molecule has 2 aromatic carbocycles. The molecule has 0 aliphatic rings. The van der Waals surface area contributed by atoms with Crippen molar-refractivity contribution in [1.82, 2.24) is 9.13 Å². The summed E-state index contributed by atoms with van der Waals surface area (Å²) in [6, 6.07) is 12.9. The van der Waals surface area contributed by atoms with E-state index < -0.39 is 0 Å². The zero-order chi connectivity index (χ0) is 18.0. The van der Waals surface area contributed by atoms with Crippen molar-refractivity contribution in [2.75, 3.05) is 5.32 Å². The second-order valence-corrected chi connectivity index (χ2v) is 6.91. The first-order valence-corrected chi connectivity index (χ1v) is 9.11. The Morgan fingerprint density at radius 1 is 1.16 bits per heavy atom. The van der Waals surface area contributed by atoms with E-state index in [1.165, 1.54) is 0 Å². The third-order valence-corrected chi connectivity index (χ3v) is 4.82. The fraction of sp³-hybridized carbons (Fsp3) is 0.222. The minimum atomic E-state index is -0.190. The molecule has 5 nitrogen and oxygen atoms in total. The number of halogens is 2. The summed E-state index contributed by atoms with van der Waals surface area (Å²) in [5.74, 6) is -0.190. The maximum absolute atomic E-state index is 12.5. The Morgan fingerprint density at radius 2 is 1.84 bits per heavy atom. The quantitative estimate of drug-likeness (QED) is 0.667. The minimum absolute atomic E-state index is 0.0989. The molecule has 0 aliphatic heterocycles. The van der Waals surface area contributed by atoms with Crippen molar-refractivity contribution in [3.63, 3.8) is 0 Å². The van der Waals surface area contributed by atoms with Gasteiger partial charge in [0.05, 0.1) is 21.7 Å². The van der Waals surface area contributed by atoms with Crippen LogP contribution in [0.25, 0.3) is 11.0 Å². The summed E-state index contributed by atoms with van der Waals surface area (Å²) in [4.78, 5) is 24.8. The molecule has 130 valence electrons. The van der Waals surface area contributed by atoms with Gasteiger partial charge >= 0.3 is 5.69 Å². The normalized spacial score (nSPS) is 11.0. The summed E-state index contributed by atoms with van der Waals surface area (Å²) in [7, 11) is 0. The Balaban J connectivity index is 1.78. The van der Waals surface area contributed by atoms with Crippen LogP contribution in [0.15, 0.2) is 51.7 Å². The number of nitrogens with zero attached hydrogens (tertiary/aromatic N) is 2. The van der Waals surface area contributed by atoms with E-state index in [1.54, 1.807) is 27.3 Å². The topological polar surface area (TPSA) is 56.0 Å². The molecule has 0 atom stereocenters. The third kappa shape index (κ3) is 3.65. The van der Waals surface area contributed by atoms with Crippen LogP contribution < -0.4 is 11.0 Å². The maximum Gasteiger partial charge on any atom is 0.329 e. The summed E-state index contributed by atoms with van der Waals surface area (Å²) in [5, 5.41) is 3.24. The van der Waals surface area contributed by atoms with Gasteiger partial charge < -0.3 is 5.32 Å². The van der Waals surface area contributed by atoms with E-state index in [4.69, 9.17) is 11.6 Å². The van der Waals surface area contributed by atoms with Crippen molar-refractivity contribution in [3.8, 4) is 0 Å². The zero-order valence-electron chi connectivity index (χ0n) is 13.6. The number of fused-ring (bicyclic) bond motifs is 1. The van der Waals surface area contributed by atoms with E-state index in [-0.39, 0.29) is 18.0 Å². The van der Waals surface area contributed by atoms with Crippen LogP contribution in [0.4, 0.5) is 5.69 Å². The van der Waals surface area contributed by atoms with Gasteiger partial charge in [0.2, 0.25) is 5.91 Å². The fourth-order valence-corrected chi connectivity index (χ4v) is 3.53. The minimum Gasteiger partial charge on any atom is -0.325 e. The van der Waals surface area contributed by atoms with Crippen molar-refractivity contribution < 1.29 is 4.79 Å². The van der Waals surface area contributed by atoms with E-state index in [0.717, 1.165) is 15.5 Å². The van der Waals surface area contributed by atoms with E-state index in [2.05, 4.69) is 21.2 Å². The molecule has 0 fully saturated rings. The predicted octanol–water partition coefficient (Wildman–Crippen LogP) is 4.27. The lowest BCUT2D eigenvalue weighted by atomic mass is 10.3. The first kappa shape index (κ1) is 17.8. The highest BCUT2D eigenvalue weighted by molar-refractivity contribution is 9.10. The summed E-state index contributed by atoms with van der Waals surface area (Å²) < 4.78 is 4.19. The number of hydrogen-bond donors (Lipinski definition) is 1. The molecular formula is C18H17BrClN3O2. The molecule has 1 N–H and O–H groups in total. The van der Waals surface area contributed by atoms with Crippen molar-refractivity contribution in [2.24, 2.45) is 0 Å². The maximum atomic E-state index is 12.5. The average molecular weight is 423 g/mol. The summed E-state index contributed by atoms with van der Waals surface area (Å²) in [5.41, 5.74) is 2.17. The van der Waals surface area contributed by atoms with Crippen LogP contribution in [0, 0.1) is 0 Å². The smallest absolute Gasteiger partial charge is 0.325 e. The van der Waals surface area contributed by atoms with E-state index in [1.807, 2.05) is 31.2 Å². The number of aryl methyl sites for hydroxylation is 2. The van der Waals surface area contributed by atoms with Gasteiger partial charge in [0, 0.05) is 24.0 Å². The first-order chi connectivity index (χ1) is 12.0. The number of amides is 1. The van der Waals surface area contributed by atoms with E-state index >= 15 is 0 Å². The standard InChI is InChI=1S/C18H17BrClN3O2/c1-2-22-15-5-3-4-6-16(15)23(18(22)25)10-9-17(24)21-14-8-7-12(19)11-13(14)20/h3-8,11H,2,9-10H2,1H3,(H,21,24). The SMILES string of the molecule is CCn1c(=O)n(CCC(=O)Nc2ccc(Br)cc2Cl)c2ccccc21. The Kier molecular flexibility index (Phi) is 5.30. The molecule has 25 heavy (non-hydrogen) atoms. The van der Waals surface area contributed by atoms with Crippen molar-refractivity contribution in [3.05, 3.63) is 62.4 Å². The highest BCUT2D eigenvalue weighted by atomic mass is 79.9. The van der Waals surface area contributed by atoms with Crippen molar-refractivity contribution in [2.45, 2.75) is 26.4 Å². The van der Waals surface area contributed by atoms with Gasteiger partial charge in [-0.25, -0.2) is 4.79 Å². The van der Waals surface area contributed by atoms with Gasteiger partial charge in [-0.1, -0.05) is 39.7 Å². The lowest BCUT2D eigenvalue weighted by Gasteiger charge is -2.08. The lowest BCUT2D eigenvalue weighted by Crippen LogP contribution is -2.25.